The number of nitrogen functional groups attached to an aromatic ring is 1. The van der Waals surface area contributed by atoms with Crippen LogP contribution >= 0.6 is 27.3 Å². The van der Waals surface area contributed by atoms with Crippen LogP contribution in [-0.2, 0) is 6.54 Å². The molecule has 0 spiro atoms. The van der Waals surface area contributed by atoms with E-state index in [1.807, 2.05) is 11.4 Å². The quantitative estimate of drug-likeness (QED) is 0.778. The first-order valence-corrected chi connectivity index (χ1v) is 7.17. The molecule has 5 nitrogen and oxygen atoms in total. The van der Waals surface area contributed by atoms with E-state index < -0.39 is 0 Å². The monoisotopic (exact) mass is 336 g/mol. The van der Waals surface area contributed by atoms with Gasteiger partial charge in [-0.2, -0.15) is 0 Å². The molecular formula is C12H9BrN4OS. The maximum absolute atomic E-state index is 11.9. The van der Waals surface area contributed by atoms with E-state index in [1.165, 1.54) is 15.9 Å². The van der Waals surface area contributed by atoms with Crippen LogP contribution in [0.3, 0.4) is 0 Å². The van der Waals surface area contributed by atoms with Gasteiger partial charge in [-0.3, -0.25) is 4.79 Å². The smallest absolute Gasteiger partial charge is 0.265 e. The Morgan fingerprint density at radius 2 is 2.21 bits per heavy atom. The average molecular weight is 337 g/mol. The van der Waals surface area contributed by atoms with Crippen molar-refractivity contribution in [2.45, 2.75) is 6.54 Å². The molecule has 0 aliphatic carbocycles. The second-order valence-electron chi connectivity index (χ2n) is 3.95. The highest BCUT2D eigenvalue weighted by atomic mass is 79.9. The summed E-state index contributed by atoms with van der Waals surface area (Å²) in [6, 6.07) is 5.39. The highest BCUT2D eigenvalue weighted by Crippen LogP contribution is 2.22. The van der Waals surface area contributed by atoms with E-state index in [-0.39, 0.29) is 5.56 Å². The van der Waals surface area contributed by atoms with Crippen LogP contribution in [0, 0.1) is 0 Å². The third-order valence-electron chi connectivity index (χ3n) is 2.69. The van der Waals surface area contributed by atoms with E-state index in [0.29, 0.717) is 22.7 Å². The van der Waals surface area contributed by atoms with Crippen molar-refractivity contribution in [3.63, 3.8) is 0 Å². The topological polar surface area (TPSA) is 73.8 Å². The van der Waals surface area contributed by atoms with Gasteiger partial charge in [0.1, 0.15) is 10.6 Å². The van der Waals surface area contributed by atoms with Crippen LogP contribution in [0.25, 0.3) is 10.2 Å². The first kappa shape index (κ1) is 12.3. The fraction of sp³-hybridized carbons (Fsp3) is 0.0833. The number of halogens is 1. The summed E-state index contributed by atoms with van der Waals surface area (Å²) in [6.07, 6.45) is 1.70. The van der Waals surface area contributed by atoms with Gasteiger partial charge in [-0.25, -0.2) is 9.97 Å². The van der Waals surface area contributed by atoms with E-state index in [2.05, 4.69) is 25.9 Å². The van der Waals surface area contributed by atoms with Gasteiger partial charge < -0.3 is 10.3 Å². The number of nitrogens with two attached hydrogens (primary N) is 1. The Morgan fingerprint density at radius 3 is 3.05 bits per heavy atom. The molecule has 0 radical (unpaired) electrons. The molecule has 0 unspecified atom stereocenters. The molecule has 0 aromatic carbocycles. The summed E-state index contributed by atoms with van der Waals surface area (Å²) in [5, 5.41) is 2.78. The van der Waals surface area contributed by atoms with Crippen molar-refractivity contribution in [1.82, 2.24) is 14.5 Å². The molecule has 3 rings (SSSR count). The summed E-state index contributed by atoms with van der Waals surface area (Å²) in [4.78, 5) is 21.4. The van der Waals surface area contributed by atoms with Gasteiger partial charge >= 0.3 is 0 Å². The minimum atomic E-state index is -0.115. The zero-order valence-corrected chi connectivity index (χ0v) is 12.1. The molecule has 0 saturated carbocycles. The fourth-order valence-electron chi connectivity index (χ4n) is 1.78. The lowest BCUT2D eigenvalue weighted by Gasteiger charge is -2.06. The van der Waals surface area contributed by atoms with Crippen molar-refractivity contribution in [1.29, 1.82) is 0 Å². The highest BCUT2D eigenvalue weighted by Gasteiger charge is 2.08. The number of fused-ring (bicyclic) bond motifs is 1. The van der Waals surface area contributed by atoms with Gasteiger partial charge in [0.15, 0.2) is 5.82 Å². The third-order valence-corrected chi connectivity index (χ3v) is 4.10. The maximum Gasteiger partial charge on any atom is 0.265 e. The van der Waals surface area contributed by atoms with Crippen molar-refractivity contribution < 1.29 is 0 Å². The normalized spacial score (nSPS) is 11.0. The molecule has 0 amide bonds. The Balaban J connectivity index is 2.06. The predicted octanol–water partition coefficient (Wildman–Crippen LogP) is 2.25. The lowest BCUT2D eigenvalue weighted by Crippen LogP contribution is -2.21. The van der Waals surface area contributed by atoms with Crippen molar-refractivity contribution in [3.05, 3.63) is 50.4 Å². The van der Waals surface area contributed by atoms with Crippen molar-refractivity contribution in [2.75, 3.05) is 5.73 Å². The van der Waals surface area contributed by atoms with E-state index in [0.717, 1.165) is 10.2 Å². The number of hydrogen-bond acceptors (Lipinski definition) is 5. The van der Waals surface area contributed by atoms with Crippen LogP contribution in [0.2, 0.25) is 0 Å². The first-order valence-electron chi connectivity index (χ1n) is 5.49. The van der Waals surface area contributed by atoms with E-state index >= 15 is 0 Å². The Bertz CT molecular complexity index is 811. The summed E-state index contributed by atoms with van der Waals surface area (Å²) >= 11 is 4.72. The Kier molecular flexibility index (Phi) is 3.08. The number of nitrogens with zero attached hydrogens (tertiary/aromatic N) is 3. The van der Waals surface area contributed by atoms with Gasteiger partial charge in [-0.15, -0.1) is 11.3 Å². The third kappa shape index (κ3) is 2.26. The number of thiophene rings is 1. The van der Waals surface area contributed by atoms with Crippen LogP contribution in [0.15, 0.2) is 39.0 Å². The summed E-state index contributed by atoms with van der Waals surface area (Å²) in [6.45, 7) is 0.302. The molecule has 3 aromatic rings. The average Bonchev–Trinajstić information content (AvgIpc) is 2.84. The Labute approximate surface area is 120 Å². The number of aromatic nitrogens is 3. The van der Waals surface area contributed by atoms with Crippen LogP contribution in [0.5, 0.6) is 0 Å². The van der Waals surface area contributed by atoms with Crippen molar-refractivity contribution >= 4 is 43.3 Å². The molecule has 2 N–H and O–H groups in total. The van der Waals surface area contributed by atoms with Crippen LogP contribution in [0.4, 0.5) is 5.82 Å². The second-order valence-corrected chi connectivity index (χ2v) is 5.70. The summed E-state index contributed by atoms with van der Waals surface area (Å²) in [5.74, 6) is 0.983. The predicted molar refractivity (Wildman–Crippen MR) is 79.3 cm³/mol. The first-order chi connectivity index (χ1) is 9.15. The molecule has 0 atom stereocenters. The molecule has 3 aromatic heterocycles. The molecule has 0 aliphatic rings. The Morgan fingerprint density at radius 1 is 1.37 bits per heavy atom. The van der Waals surface area contributed by atoms with E-state index in [1.54, 1.807) is 18.3 Å². The zero-order valence-electron chi connectivity index (χ0n) is 9.71. The number of rotatable bonds is 2. The lowest BCUT2D eigenvalue weighted by atomic mass is 10.4. The molecule has 7 heteroatoms. The largest absolute Gasteiger partial charge is 0.383 e. The van der Waals surface area contributed by atoms with Crippen LogP contribution < -0.4 is 11.3 Å². The van der Waals surface area contributed by atoms with Crippen molar-refractivity contribution in [2.24, 2.45) is 0 Å². The van der Waals surface area contributed by atoms with E-state index in [9.17, 15) is 4.79 Å². The maximum atomic E-state index is 11.9. The van der Waals surface area contributed by atoms with Gasteiger partial charge in [0.25, 0.3) is 5.56 Å². The molecule has 96 valence electrons. The number of hydrogen-bond donors (Lipinski definition) is 1. The lowest BCUT2D eigenvalue weighted by molar-refractivity contribution is 0.717. The zero-order chi connectivity index (χ0) is 13.4. The van der Waals surface area contributed by atoms with Gasteiger partial charge in [0.05, 0.1) is 16.4 Å². The minimum absolute atomic E-state index is 0.115. The van der Waals surface area contributed by atoms with Gasteiger partial charge in [-0.05, 0) is 39.5 Å². The summed E-state index contributed by atoms with van der Waals surface area (Å²) in [5.41, 5.74) is 5.77. The molecular weight excluding hydrogens is 328 g/mol. The van der Waals surface area contributed by atoms with Crippen LogP contribution in [-0.4, -0.2) is 14.5 Å². The molecule has 0 fully saturated rings. The van der Waals surface area contributed by atoms with Crippen LogP contribution in [0.1, 0.15) is 5.82 Å². The standard InChI is InChI=1S/C12H9BrN4OS/c13-8-2-1-4-17(12(8)18)6-9-15-10(14)7-3-5-19-11(7)16-9/h1-5H,6H2,(H2,14,15,16). The van der Waals surface area contributed by atoms with Crippen molar-refractivity contribution in [3.8, 4) is 0 Å². The minimum Gasteiger partial charge on any atom is -0.383 e. The fourth-order valence-corrected chi connectivity index (χ4v) is 2.95. The summed E-state index contributed by atoms with van der Waals surface area (Å²) in [7, 11) is 0. The summed E-state index contributed by atoms with van der Waals surface area (Å²) < 4.78 is 2.05. The van der Waals surface area contributed by atoms with Gasteiger partial charge in [0, 0.05) is 6.20 Å². The molecule has 0 saturated heterocycles. The number of anilines is 1. The molecule has 19 heavy (non-hydrogen) atoms. The second kappa shape index (κ2) is 4.75. The van der Waals surface area contributed by atoms with E-state index in [4.69, 9.17) is 5.73 Å². The molecule has 0 bridgehead atoms. The number of pyridine rings is 1. The Hall–Kier alpha value is -1.73. The highest BCUT2D eigenvalue weighted by molar-refractivity contribution is 9.10. The molecule has 3 heterocycles. The SMILES string of the molecule is Nc1nc(Cn2cccc(Br)c2=O)nc2sccc12. The van der Waals surface area contributed by atoms with Gasteiger partial charge in [-0.1, -0.05) is 0 Å². The van der Waals surface area contributed by atoms with Gasteiger partial charge in [0.2, 0.25) is 0 Å². The molecule has 0 aliphatic heterocycles.